The molecular formula is C10H18O4. The van der Waals surface area contributed by atoms with Crippen LogP contribution in [0.4, 0.5) is 0 Å². The average molecular weight is 202 g/mol. The fraction of sp³-hybridized carbons (Fsp3) is 0.700. The van der Waals surface area contributed by atoms with Gasteiger partial charge in [-0.3, -0.25) is 0 Å². The van der Waals surface area contributed by atoms with Crippen molar-refractivity contribution in [1.82, 2.24) is 0 Å². The van der Waals surface area contributed by atoms with Crippen LogP contribution in [0.15, 0.2) is 11.8 Å². The van der Waals surface area contributed by atoms with Gasteiger partial charge in [0.1, 0.15) is 0 Å². The summed E-state index contributed by atoms with van der Waals surface area (Å²) < 4.78 is 15.0. The van der Waals surface area contributed by atoms with Gasteiger partial charge in [-0.05, 0) is 27.7 Å². The first-order valence-corrected chi connectivity index (χ1v) is 4.72. The van der Waals surface area contributed by atoms with Crippen molar-refractivity contribution in [2.45, 2.75) is 34.0 Å². The van der Waals surface area contributed by atoms with Crippen LogP contribution in [0.1, 0.15) is 27.7 Å². The van der Waals surface area contributed by atoms with Crippen LogP contribution in [0.2, 0.25) is 0 Å². The molecule has 0 aromatic heterocycles. The van der Waals surface area contributed by atoms with E-state index in [4.69, 9.17) is 14.2 Å². The molecule has 0 bridgehead atoms. The van der Waals surface area contributed by atoms with Crippen molar-refractivity contribution in [2.24, 2.45) is 0 Å². The molecule has 0 aromatic carbocycles. The molecule has 1 unspecified atom stereocenters. The Morgan fingerprint density at radius 2 is 2.00 bits per heavy atom. The van der Waals surface area contributed by atoms with E-state index in [1.165, 1.54) is 6.26 Å². The van der Waals surface area contributed by atoms with E-state index in [1.54, 1.807) is 20.8 Å². The van der Waals surface area contributed by atoms with Crippen LogP contribution in [0, 0.1) is 0 Å². The van der Waals surface area contributed by atoms with E-state index in [1.807, 2.05) is 6.92 Å². The molecule has 4 heteroatoms. The Morgan fingerprint density at radius 3 is 2.50 bits per heavy atom. The van der Waals surface area contributed by atoms with E-state index < -0.39 is 0 Å². The van der Waals surface area contributed by atoms with E-state index in [9.17, 15) is 4.79 Å². The summed E-state index contributed by atoms with van der Waals surface area (Å²) in [6.45, 7) is 7.98. The number of hydrogen-bond acceptors (Lipinski definition) is 4. The summed E-state index contributed by atoms with van der Waals surface area (Å²) in [4.78, 5) is 11.1. The molecule has 0 radical (unpaired) electrons. The van der Waals surface area contributed by atoms with Crippen molar-refractivity contribution in [3.63, 3.8) is 0 Å². The van der Waals surface area contributed by atoms with Gasteiger partial charge in [-0.25, -0.2) is 4.79 Å². The van der Waals surface area contributed by atoms with Gasteiger partial charge in [-0.1, -0.05) is 0 Å². The Kier molecular flexibility index (Phi) is 6.84. The summed E-state index contributed by atoms with van der Waals surface area (Å²) in [5.74, 6) is -0.365. The summed E-state index contributed by atoms with van der Waals surface area (Å²) >= 11 is 0. The van der Waals surface area contributed by atoms with Gasteiger partial charge in [0.05, 0.1) is 18.4 Å². The number of ether oxygens (including phenoxy) is 3. The molecule has 0 N–H and O–H groups in total. The zero-order chi connectivity index (χ0) is 11.0. The Labute approximate surface area is 84.8 Å². The van der Waals surface area contributed by atoms with E-state index in [-0.39, 0.29) is 12.3 Å². The van der Waals surface area contributed by atoms with Gasteiger partial charge < -0.3 is 14.2 Å². The molecule has 0 heterocycles. The quantitative estimate of drug-likeness (QED) is 0.285. The van der Waals surface area contributed by atoms with Crippen molar-refractivity contribution in [3.8, 4) is 0 Å². The third kappa shape index (κ3) is 5.59. The third-order valence-electron chi connectivity index (χ3n) is 1.44. The molecule has 0 aliphatic rings. The molecule has 0 aliphatic heterocycles. The zero-order valence-corrected chi connectivity index (χ0v) is 9.20. The minimum atomic E-state index is -0.365. The second kappa shape index (κ2) is 7.38. The van der Waals surface area contributed by atoms with Gasteiger partial charge in [0.25, 0.3) is 0 Å². The first-order chi connectivity index (χ1) is 6.61. The topological polar surface area (TPSA) is 44.8 Å². The summed E-state index contributed by atoms with van der Waals surface area (Å²) in [7, 11) is 0. The van der Waals surface area contributed by atoms with E-state index in [0.717, 1.165) is 0 Å². The van der Waals surface area contributed by atoms with Crippen LogP contribution >= 0.6 is 0 Å². The Bertz CT molecular complexity index is 198. The number of esters is 1. The van der Waals surface area contributed by atoms with Gasteiger partial charge in [0.15, 0.2) is 6.29 Å². The lowest BCUT2D eigenvalue weighted by Gasteiger charge is -2.11. The van der Waals surface area contributed by atoms with E-state index in [2.05, 4.69) is 0 Å². The number of hydrogen-bond donors (Lipinski definition) is 0. The maximum absolute atomic E-state index is 11.1. The van der Waals surface area contributed by atoms with Crippen molar-refractivity contribution in [1.29, 1.82) is 0 Å². The second-order valence-electron chi connectivity index (χ2n) is 2.68. The SMILES string of the molecule is CCOC(=O)/C(C)=C/OC(C)OCC. The van der Waals surface area contributed by atoms with Gasteiger partial charge in [-0.15, -0.1) is 0 Å². The number of carbonyl (C=O) groups excluding carboxylic acids is 1. The van der Waals surface area contributed by atoms with Crippen molar-refractivity contribution < 1.29 is 19.0 Å². The molecule has 0 saturated carbocycles. The maximum atomic E-state index is 11.1. The Balaban J connectivity index is 3.91. The van der Waals surface area contributed by atoms with Crippen molar-refractivity contribution in [2.75, 3.05) is 13.2 Å². The summed E-state index contributed by atoms with van der Waals surface area (Å²) in [5.41, 5.74) is 0.429. The average Bonchev–Trinajstić information content (AvgIpc) is 2.15. The Morgan fingerprint density at radius 1 is 1.36 bits per heavy atom. The fourth-order valence-corrected chi connectivity index (χ4v) is 0.765. The maximum Gasteiger partial charge on any atom is 0.336 e. The predicted octanol–water partition coefficient (Wildman–Crippen LogP) is 1.85. The van der Waals surface area contributed by atoms with Crippen LogP contribution in [-0.4, -0.2) is 25.5 Å². The molecule has 0 rings (SSSR count). The highest BCUT2D eigenvalue weighted by Crippen LogP contribution is 2.01. The number of carbonyl (C=O) groups is 1. The van der Waals surface area contributed by atoms with Gasteiger partial charge in [0, 0.05) is 6.61 Å². The minimum Gasteiger partial charge on any atom is -0.472 e. The molecule has 1 atom stereocenters. The van der Waals surface area contributed by atoms with Crippen LogP contribution in [0.25, 0.3) is 0 Å². The van der Waals surface area contributed by atoms with Crippen LogP contribution in [0.3, 0.4) is 0 Å². The molecule has 0 aromatic rings. The first-order valence-electron chi connectivity index (χ1n) is 4.72. The number of rotatable bonds is 6. The minimum absolute atomic E-state index is 0.343. The van der Waals surface area contributed by atoms with Crippen molar-refractivity contribution >= 4 is 5.97 Å². The fourth-order valence-electron chi connectivity index (χ4n) is 0.765. The first kappa shape index (κ1) is 13.0. The monoisotopic (exact) mass is 202 g/mol. The molecule has 0 saturated heterocycles. The molecule has 4 nitrogen and oxygen atoms in total. The standard InChI is InChI=1S/C10H18O4/c1-5-12-9(4)14-7-8(3)10(11)13-6-2/h7,9H,5-6H2,1-4H3/b8-7+. The zero-order valence-electron chi connectivity index (χ0n) is 9.20. The molecule has 0 amide bonds. The predicted molar refractivity (Wildman–Crippen MR) is 52.6 cm³/mol. The normalized spacial score (nSPS) is 13.6. The third-order valence-corrected chi connectivity index (χ3v) is 1.44. The summed E-state index contributed by atoms with van der Waals surface area (Å²) in [6.07, 6.45) is 1.02. The smallest absolute Gasteiger partial charge is 0.336 e. The van der Waals surface area contributed by atoms with Crippen LogP contribution in [-0.2, 0) is 19.0 Å². The highest BCUT2D eigenvalue weighted by molar-refractivity contribution is 5.87. The van der Waals surface area contributed by atoms with Gasteiger partial charge in [-0.2, -0.15) is 0 Å². The lowest BCUT2D eigenvalue weighted by Crippen LogP contribution is -2.11. The largest absolute Gasteiger partial charge is 0.472 e. The Hall–Kier alpha value is -1.03. The van der Waals surface area contributed by atoms with Crippen molar-refractivity contribution in [3.05, 3.63) is 11.8 Å². The van der Waals surface area contributed by atoms with Crippen LogP contribution in [0.5, 0.6) is 0 Å². The lowest BCUT2D eigenvalue weighted by molar-refractivity contribution is -0.139. The highest BCUT2D eigenvalue weighted by atomic mass is 16.7. The molecule has 0 fully saturated rings. The highest BCUT2D eigenvalue weighted by Gasteiger charge is 2.05. The molecular weight excluding hydrogens is 184 g/mol. The van der Waals surface area contributed by atoms with Gasteiger partial charge in [0.2, 0.25) is 0 Å². The molecule has 0 spiro atoms. The molecule has 14 heavy (non-hydrogen) atoms. The van der Waals surface area contributed by atoms with E-state index >= 15 is 0 Å². The molecule has 82 valence electrons. The second-order valence-corrected chi connectivity index (χ2v) is 2.68. The molecule has 0 aliphatic carbocycles. The summed E-state index contributed by atoms with van der Waals surface area (Å²) in [6, 6.07) is 0. The van der Waals surface area contributed by atoms with Gasteiger partial charge >= 0.3 is 5.97 Å². The van der Waals surface area contributed by atoms with Crippen LogP contribution < -0.4 is 0 Å². The lowest BCUT2D eigenvalue weighted by atomic mass is 10.3. The summed E-state index contributed by atoms with van der Waals surface area (Å²) in [5, 5.41) is 0. The van der Waals surface area contributed by atoms with E-state index in [0.29, 0.717) is 18.8 Å².